The Morgan fingerprint density at radius 3 is 2.08 bits per heavy atom. The third-order valence-corrected chi connectivity index (χ3v) is 2.37. The van der Waals surface area contributed by atoms with Crippen LogP contribution in [0, 0.1) is 5.92 Å². The second-order valence-electron chi connectivity index (χ2n) is 3.43. The first-order valence-electron chi connectivity index (χ1n) is 5.08. The Kier molecular flexibility index (Phi) is 7.51. The highest BCUT2D eigenvalue weighted by Gasteiger charge is 2.12. The quantitative estimate of drug-likeness (QED) is 0.459. The van der Waals surface area contributed by atoms with E-state index in [-0.39, 0.29) is 5.92 Å². The molecule has 12 heavy (non-hydrogen) atoms. The maximum Gasteiger partial charge on any atom is 0.154 e. The first-order chi connectivity index (χ1) is 5.72. The highest BCUT2D eigenvalue weighted by Crippen LogP contribution is 2.16. The van der Waals surface area contributed by atoms with Gasteiger partial charge in [0.25, 0.3) is 0 Å². The summed E-state index contributed by atoms with van der Waals surface area (Å²) in [4.78, 5) is 0. The Morgan fingerprint density at radius 1 is 1.00 bits per heavy atom. The molecule has 1 atom stereocenters. The first-order valence-corrected chi connectivity index (χ1v) is 5.08. The standard InChI is InChI=1S/C10H22O2/c1-3-5-6-7-8-9(4-2)10(11)12/h9-12H,3-8H2,1-2H3. The normalized spacial score (nSPS) is 13.8. The molecule has 0 spiro atoms. The largest absolute Gasteiger partial charge is 0.368 e. The fourth-order valence-electron chi connectivity index (χ4n) is 1.40. The van der Waals surface area contributed by atoms with E-state index in [2.05, 4.69) is 6.92 Å². The Morgan fingerprint density at radius 2 is 1.67 bits per heavy atom. The van der Waals surface area contributed by atoms with Crippen molar-refractivity contribution in [2.45, 2.75) is 58.7 Å². The number of hydrogen-bond acceptors (Lipinski definition) is 2. The summed E-state index contributed by atoms with van der Waals surface area (Å²) in [6, 6.07) is 0. The molecule has 74 valence electrons. The Labute approximate surface area is 75.6 Å². The molecule has 0 bridgehead atoms. The van der Waals surface area contributed by atoms with E-state index in [4.69, 9.17) is 10.2 Å². The summed E-state index contributed by atoms with van der Waals surface area (Å²) < 4.78 is 0. The molecule has 0 rings (SSSR count). The zero-order valence-corrected chi connectivity index (χ0v) is 8.29. The average Bonchev–Trinajstić information content (AvgIpc) is 2.04. The van der Waals surface area contributed by atoms with Gasteiger partial charge >= 0.3 is 0 Å². The molecule has 2 nitrogen and oxygen atoms in total. The number of aliphatic hydroxyl groups excluding tert-OH is 1. The van der Waals surface area contributed by atoms with E-state index in [9.17, 15) is 0 Å². The molecule has 0 saturated carbocycles. The van der Waals surface area contributed by atoms with Gasteiger partial charge in [0, 0.05) is 5.92 Å². The lowest BCUT2D eigenvalue weighted by atomic mass is 9.98. The lowest BCUT2D eigenvalue weighted by Crippen LogP contribution is -2.18. The Hall–Kier alpha value is -0.0800. The van der Waals surface area contributed by atoms with E-state index >= 15 is 0 Å². The Bertz CT molecular complexity index is 91.8. The van der Waals surface area contributed by atoms with E-state index < -0.39 is 6.29 Å². The molecule has 0 aromatic rings. The zero-order chi connectivity index (χ0) is 9.40. The lowest BCUT2D eigenvalue weighted by molar-refractivity contribution is -0.0871. The van der Waals surface area contributed by atoms with Crippen molar-refractivity contribution in [2.75, 3.05) is 0 Å². The first kappa shape index (κ1) is 11.9. The van der Waals surface area contributed by atoms with E-state index in [1.165, 1.54) is 19.3 Å². The molecular weight excluding hydrogens is 152 g/mol. The van der Waals surface area contributed by atoms with Gasteiger partial charge in [-0.25, -0.2) is 0 Å². The predicted octanol–water partition coefficient (Wildman–Crippen LogP) is 2.29. The van der Waals surface area contributed by atoms with Gasteiger partial charge in [-0.2, -0.15) is 0 Å². The summed E-state index contributed by atoms with van der Waals surface area (Å²) in [5, 5.41) is 17.8. The van der Waals surface area contributed by atoms with Crippen LogP contribution >= 0.6 is 0 Å². The predicted molar refractivity (Wildman–Crippen MR) is 50.8 cm³/mol. The van der Waals surface area contributed by atoms with Gasteiger partial charge in [-0.1, -0.05) is 39.5 Å². The van der Waals surface area contributed by atoms with Crippen LogP contribution in [0.3, 0.4) is 0 Å². The van der Waals surface area contributed by atoms with Gasteiger partial charge < -0.3 is 10.2 Å². The highest BCUT2D eigenvalue weighted by molar-refractivity contribution is 4.58. The van der Waals surface area contributed by atoms with Gasteiger partial charge in [-0.3, -0.25) is 0 Å². The topological polar surface area (TPSA) is 40.5 Å². The molecule has 2 N–H and O–H groups in total. The SMILES string of the molecule is CCCCCCC(CC)C(O)O. The van der Waals surface area contributed by atoms with Gasteiger partial charge in [-0.05, 0) is 12.8 Å². The molecule has 0 aliphatic rings. The van der Waals surface area contributed by atoms with Crippen molar-refractivity contribution in [1.29, 1.82) is 0 Å². The minimum absolute atomic E-state index is 0.0851. The molecule has 0 radical (unpaired) electrons. The number of rotatable bonds is 7. The van der Waals surface area contributed by atoms with Crippen LogP contribution in [-0.4, -0.2) is 16.5 Å². The summed E-state index contributed by atoms with van der Waals surface area (Å²) in [7, 11) is 0. The van der Waals surface area contributed by atoms with Crippen molar-refractivity contribution in [3.63, 3.8) is 0 Å². The van der Waals surface area contributed by atoms with Gasteiger partial charge in [0.05, 0.1) is 0 Å². The minimum atomic E-state index is -1.11. The second kappa shape index (κ2) is 7.56. The van der Waals surface area contributed by atoms with E-state index in [0.717, 1.165) is 19.3 Å². The number of hydrogen-bond donors (Lipinski definition) is 2. The highest BCUT2D eigenvalue weighted by atomic mass is 16.5. The lowest BCUT2D eigenvalue weighted by Gasteiger charge is -2.16. The third-order valence-electron chi connectivity index (χ3n) is 2.37. The number of aliphatic hydroxyl groups is 2. The average molecular weight is 174 g/mol. The summed E-state index contributed by atoms with van der Waals surface area (Å²) in [6.07, 6.45) is 5.55. The molecule has 0 aromatic heterocycles. The van der Waals surface area contributed by atoms with Gasteiger partial charge in [0.2, 0.25) is 0 Å². The third kappa shape index (κ3) is 5.56. The molecule has 0 amide bonds. The molecular formula is C10H22O2. The van der Waals surface area contributed by atoms with Crippen LogP contribution in [0.2, 0.25) is 0 Å². The van der Waals surface area contributed by atoms with E-state index in [0.29, 0.717) is 0 Å². The van der Waals surface area contributed by atoms with Gasteiger partial charge in [-0.15, -0.1) is 0 Å². The fraction of sp³-hybridized carbons (Fsp3) is 1.00. The number of unbranched alkanes of at least 4 members (excludes halogenated alkanes) is 3. The Balaban J connectivity index is 3.32. The molecule has 0 fully saturated rings. The second-order valence-corrected chi connectivity index (χ2v) is 3.43. The van der Waals surface area contributed by atoms with Crippen molar-refractivity contribution in [3.05, 3.63) is 0 Å². The molecule has 1 unspecified atom stereocenters. The van der Waals surface area contributed by atoms with Crippen LogP contribution in [0.4, 0.5) is 0 Å². The van der Waals surface area contributed by atoms with Crippen LogP contribution in [0.5, 0.6) is 0 Å². The van der Waals surface area contributed by atoms with Gasteiger partial charge in [0.1, 0.15) is 0 Å². The van der Waals surface area contributed by atoms with E-state index in [1.807, 2.05) is 6.92 Å². The smallest absolute Gasteiger partial charge is 0.154 e. The monoisotopic (exact) mass is 174 g/mol. The van der Waals surface area contributed by atoms with E-state index in [1.54, 1.807) is 0 Å². The van der Waals surface area contributed by atoms with Crippen LogP contribution in [0.25, 0.3) is 0 Å². The summed E-state index contributed by atoms with van der Waals surface area (Å²) in [5.74, 6) is 0.0851. The zero-order valence-electron chi connectivity index (χ0n) is 8.29. The van der Waals surface area contributed by atoms with Crippen molar-refractivity contribution in [3.8, 4) is 0 Å². The van der Waals surface area contributed by atoms with Crippen molar-refractivity contribution >= 4 is 0 Å². The fourth-order valence-corrected chi connectivity index (χ4v) is 1.40. The maximum atomic E-state index is 8.92. The van der Waals surface area contributed by atoms with Crippen LogP contribution < -0.4 is 0 Å². The maximum absolute atomic E-state index is 8.92. The molecule has 0 aliphatic heterocycles. The summed E-state index contributed by atoms with van der Waals surface area (Å²) >= 11 is 0. The molecule has 0 aromatic carbocycles. The minimum Gasteiger partial charge on any atom is -0.368 e. The van der Waals surface area contributed by atoms with Crippen LogP contribution in [0.15, 0.2) is 0 Å². The summed E-state index contributed by atoms with van der Waals surface area (Å²) in [6.45, 7) is 4.18. The molecule has 0 heterocycles. The summed E-state index contributed by atoms with van der Waals surface area (Å²) in [5.41, 5.74) is 0. The molecule has 2 heteroatoms. The molecule has 0 saturated heterocycles. The van der Waals surface area contributed by atoms with Crippen molar-refractivity contribution in [1.82, 2.24) is 0 Å². The van der Waals surface area contributed by atoms with Crippen molar-refractivity contribution in [2.24, 2.45) is 5.92 Å². The van der Waals surface area contributed by atoms with Crippen LogP contribution in [0.1, 0.15) is 52.4 Å². The van der Waals surface area contributed by atoms with Crippen molar-refractivity contribution < 1.29 is 10.2 Å². The van der Waals surface area contributed by atoms with Crippen LogP contribution in [-0.2, 0) is 0 Å². The molecule has 0 aliphatic carbocycles. The van der Waals surface area contributed by atoms with Gasteiger partial charge in [0.15, 0.2) is 6.29 Å².